The number of imidazole rings is 1. The van der Waals surface area contributed by atoms with E-state index >= 15 is 0 Å². The fourth-order valence-corrected chi connectivity index (χ4v) is 1.39. The molecular formula is C8H8BF2N3O3. The average molecular weight is 243 g/mol. The molecule has 2 aromatic rings. The van der Waals surface area contributed by atoms with Gasteiger partial charge < -0.3 is 14.8 Å². The topological polar surface area (TPSA) is 79.9 Å². The molecule has 17 heavy (non-hydrogen) atoms. The van der Waals surface area contributed by atoms with Crippen molar-refractivity contribution in [2.75, 3.05) is 0 Å². The van der Waals surface area contributed by atoms with Crippen LogP contribution in [-0.2, 0) is 0 Å². The Bertz CT molecular complexity index is 546. The molecule has 6 nitrogen and oxygen atoms in total. The van der Waals surface area contributed by atoms with E-state index in [9.17, 15) is 8.78 Å². The third kappa shape index (κ3) is 2.34. The van der Waals surface area contributed by atoms with E-state index in [2.05, 4.69) is 14.8 Å². The van der Waals surface area contributed by atoms with Gasteiger partial charge in [-0.2, -0.15) is 13.9 Å². The number of aryl methyl sites for hydroxylation is 1. The molecule has 0 atom stereocenters. The Hall–Kier alpha value is -1.74. The summed E-state index contributed by atoms with van der Waals surface area (Å²) in [6, 6.07) is 1.01. The van der Waals surface area contributed by atoms with Crippen LogP contribution in [0.1, 0.15) is 5.69 Å². The maximum absolute atomic E-state index is 12.2. The normalized spacial score (nSPS) is 11.2. The first kappa shape index (κ1) is 11.7. The summed E-state index contributed by atoms with van der Waals surface area (Å²) in [7, 11) is -1.87. The lowest BCUT2D eigenvalue weighted by molar-refractivity contribution is -0.0491. The van der Waals surface area contributed by atoms with Crippen LogP contribution in [-0.4, -0.2) is 38.4 Å². The van der Waals surface area contributed by atoms with Crippen molar-refractivity contribution in [2.45, 2.75) is 13.5 Å². The van der Waals surface area contributed by atoms with Crippen LogP contribution >= 0.6 is 0 Å². The van der Waals surface area contributed by atoms with Gasteiger partial charge in [0.2, 0.25) is 0 Å². The highest BCUT2D eigenvalue weighted by atomic mass is 19.3. The summed E-state index contributed by atoms with van der Waals surface area (Å²) in [6.45, 7) is -1.38. The summed E-state index contributed by atoms with van der Waals surface area (Å²) in [5.74, 6) is -0.258. The molecule has 0 fully saturated rings. The van der Waals surface area contributed by atoms with Crippen molar-refractivity contribution in [3.63, 3.8) is 0 Å². The minimum absolute atomic E-state index is 0.0900. The van der Waals surface area contributed by atoms with Crippen molar-refractivity contribution in [3.8, 4) is 5.75 Å². The SMILES string of the molecule is Cc1cn2nc(B(O)O)cc(OC(F)F)c2n1. The molecule has 0 bridgehead atoms. The van der Waals surface area contributed by atoms with Gasteiger partial charge in [0.05, 0.1) is 17.5 Å². The second-order valence-corrected chi connectivity index (χ2v) is 3.34. The lowest BCUT2D eigenvalue weighted by Gasteiger charge is -2.07. The van der Waals surface area contributed by atoms with Gasteiger partial charge in [-0.25, -0.2) is 9.50 Å². The first-order valence-electron chi connectivity index (χ1n) is 4.65. The molecule has 0 aliphatic rings. The molecule has 2 aromatic heterocycles. The molecule has 0 aliphatic carbocycles. The Labute approximate surface area is 94.6 Å². The van der Waals surface area contributed by atoms with Crippen LogP contribution < -0.4 is 10.3 Å². The molecule has 0 aromatic carbocycles. The van der Waals surface area contributed by atoms with Crippen molar-refractivity contribution >= 4 is 18.4 Å². The molecule has 2 N–H and O–H groups in total. The number of fused-ring (bicyclic) bond motifs is 1. The van der Waals surface area contributed by atoms with E-state index in [4.69, 9.17) is 10.0 Å². The van der Waals surface area contributed by atoms with Crippen LogP contribution in [0.5, 0.6) is 5.75 Å². The fraction of sp³-hybridized carbons (Fsp3) is 0.250. The predicted octanol–water partition coefficient (Wildman–Crippen LogP) is -0.681. The molecule has 0 spiro atoms. The molecule has 0 radical (unpaired) electrons. The van der Waals surface area contributed by atoms with Crippen LogP contribution in [0.15, 0.2) is 12.3 Å². The van der Waals surface area contributed by atoms with Gasteiger partial charge in [0.25, 0.3) is 0 Å². The van der Waals surface area contributed by atoms with Crippen LogP contribution in [0.4, 0.5) is 8.78 Å². The molecule has 0 saturated heterocycles. The number of alkyl halides is 2. The van der Waals surface area contributed by atoms with Gasteiger partial charge in [0, 0.05) is 6.07 Å². The molecule has 0 amide bonds. The smallest absolute Gasteiger partial charge is 0.431 e. The fourth-order valence-electron chi connectivity index (χ4n) is 1.39. The Kier molecular flexibility index (Phi) is 2.94. The number of ether oxygens (including phenoxy) is 1. The van der Waals surface area contributed by atoms with E-state index in [0.29, 0.717) is 5.69 Å². The highest BCUT2D eigenvalue weighted by molar-refractivity contribution is 6.57. The first-order chi connectivity index (χ1) is 7.97. The molecule has 9 heteroatoms. The number of aromatic nitrogens is 3. The Balaban J connectivity index is 2.60. The molecule has 0 aliphatic heterocycles. The third-order valence-electron chi connectivity index (χ3n) is 2.01. The number of hydrogen-bond donors (Lipinski definition) is 2. The van der Waals surface area contributed by atoms with Crippen molar-refractivity contribution < 1.29 is 23.6 Å². The van der Waals surface area contributed by atoms with Gasteiger partial charge in [0.15, 0.2) is 11.4 Å². The van der Waals surface area contributed by atoms with Crippen molar-refractivity contribution in [3.05, 3.63) is 18.0 Å². The monoisotopic (exact) mass is 243 g/mol. The maximum atomic E-state index is 12.2. The Morgan fingerprint density at radius 3 is 2.76 bits per heavy atom. The predicted molar refractivity (Wildman–Crippen MR) is 54.2 cm³/mol. The number of hydrogen-bond acceptors (Lipinski definition) is 5. The zero-order valence-electron chi connectivity index (χ0n) is 8.71. The van der Waals surface area contributed by atoms with E-state index in [1.165, 1.54) is 6.20 Å². The van der Waals surface area contributed by atoms with E-state index in [0.717, 1.165) is 10.6 Å². The van der Waals surface area contributed by atoms with E-state index in [-0.39, 0.29) is 17.0 Å². The Morgan fingerprint density at radius 1 is 1.47 bits per heavy atom. The van der Waals surface area contributed by atoms with Crippen molar-refractivity contribution in [2.24, 2.45) is 0 Å². The lowest BCUT2D eigenvalue weighted by Crippen LogP contribution is -2.34. The van der Waals surface area contributed by atoms with Crippen molar-refractivity contribution in [1.82, 2.24) is 14.6 Å². The maximum Gasteiger partial charge on any atom is 0.510 e. The largest absolute Gasteiger partial charge is 0.510 e. The minimum Gasteiger partial charge on any atom is -0.431 e. The summed E-state index contributed by atoms with van der Waals surface area (Å²) in [4.78, 5) is 3.95. The lowest BCUT2D eigenvalue weighted by atomic mass is 9.86. The quantitative estimate of drug-likeness (QED) is 0.698. The molecule has 2 heterocycles. The summed E-state index contributed by atoms with van der Waals surface area (Å²) in [5.41, 5.74) is 0.430. The first-order valence-corrected chi connectivity index (χ1v) is 4.65. The van der Waals surface area contributed by atoms with Gasteiger partial charge in [-0.05, 0) is 6.92 Å². The summed E-state index contributed by atoms with van der Waals surface area (Å²) in [5, 5.41) is 21.7. The number of nitrogens with zero attached hydrogens (tertiary/aromatic N) is 3. The second kappa shape index (κ2) is 4.26. The third-order valence-corrected chi connectivity index (χ3v) is 2.01. The highest BCUT2D eigenvalue weighted by Crippen LogP contribution is 2.18. The average Bonchev–Trinajstić information content (AvgIpc) is 2.57. The summed E-state index contributed by atoms with van der Waals surface area (Å²) in [6.07, 6.45) is 1.46. The van der Waals surface area contributed by atoms with Crippen LogP contribution in [0.25, 0.3) is 5.65 Å². The Morgan fingerprint density at radius 2 is 2.18 bits per heavy atom. The van der Waals surface area contributed by atoms with Gasteiger partial charge >= 0.3 is 13.7 Å². The van der Waals surface area contributed by atoms with Gasteiger partial charge in [-0.1, -0.05) is 0 Å². The molecule has 0 saturated carbocycles. The van der Waals surface area contributed by atoms with E-state index in [1.807, 2.05) is 0 Å². The molecule has 90 valence electrons. The zero-order chi connectivity index (χ0) is 12.6. The van der Waals surface area contributed by atoms with Crippen LogP contribution in [0, 0.1) is 6.92 Å². The van der Waals surface area contributed by atoms with Gasteiger partial charge in [0.1, 0.15) is 0 Å². The number of rotatable bonds is 3. The van der Waals surface area contributed by atoms with Gasteiger partial charge in [-0.3, -0.25) is 0 Å². The van der Waals surface area contributed by atoms with E-state index < -0.39 is 13.7 Å². The summed E-state index contributed by atoms with van der Waals surface area (Å²) < 4.78 is 29.8. The highest BCUT2D eigenvalue weighted by Gasteiger charge is 2.20. The molecule has 0 unspecified atom stereocenters. The van der Waals surface area contributed by atoms with Gasteiger partial charge in [-0.15, -0.1) is 0 Å². The second-order valence-electron chi connectivity index (χ2n) is 3.34. The molecule has 2 rings (SSSR count). The zero-order valence-corrected chi connectivity index (χ0v) is 8.71. The van der Waals surface area contributed by atoms with Crippen LogP contribution in [0.3, 0.4) is 0 Å². The van der Waals surface area contributed by atoms with E-state index in [1.54, 1.807) is 6.92 Å². The summed E-state index contributed by atoms with van der Waals surface area (Å²) >= 11 is 0. The van der Waals surface area contributed by atoms with Crippen molar-refractivity contribution in [1.29, 1.82) is 0 Å². The standard InChI is InChI=1S/C8H8BF2N3O3/c1-4-3-14-7(12-4)5(17-8(10)11)2-6(13-14)9(15)16/h2-3,8,15-16H,1H3. The van der Waals surface area contributed by atoms with Crippen LogP contribution in [0.2, 0.25) is 0 Å². The molecular weight excluding hydrogens is 235 g/mol. The number of halogens is 2. The minimum atomic E-state index is -3.03.